The third-order valence-electron chi connectivity index (χ3n) is 9.08. The molecule has 2 saturated heterocycles. The van der Waals surface area contributed by atoms with Crippen molar-refractivity contribution in [2.75, 3.05) is 18.0 Å². The molecule has 3 aromatic rings. The van der Waals surface area contributed by atoms with Crippen molar-refractivity contribution in [2.24, 2.45) is 13.0 Å². The summed E-state index contributed by atoms with van der Waals surface area (Å²) in [7, 11) is -2.38. The maximum Gasteiger partial charge on any atom is 0.299 e. The zero-order valence-electron chi connectivity index (χ0n) is 23.0. The largest absolute Gasteiger partial charge is 0.366 e. The van der Waals surface area contributed by atoms with Crippen LogP contribution in [-0.4, -0.2) is 70.0 Å². The molecule has 4 fully saturated rings. The molecule has 11 nitrogen and oxygen atoms in total. The molecular formula is C27H30F2N8O3S2. The number of benzene rings is 1. The summed E-state index contributed by atoms with van der Waals surface area (Å²) in [5.74, 6) is 0.334. The smallest absolute Gasteiger partial charge is 0.299 e. The predicted molar refractivity (Wildman–Crippen MR) is 151 cm³/mol. The van der Waals surface area contributed by atoms with Gasteiger partial charge in [-0.25, -0.2) is 23.8 Å². The van der Waals surface area contributed by atoms with Gasteiger partial charge in [-0.15, -0.1) is 14.9 Å². The highest BCUT2D eigenvalue weighted by Crippen LogP contribution is 2.43. The minimum atomic E-state index is -4.11. The molecule has 4 aliphatic rings. The molecule has 0 radical (unpaired) electrons. The van der Waals surface area contributed by atoms with Gasteiger partial charge in [-0.2, -0.15) is 5.10 Å². The first-order valence-corrected chi connectivity index (χ1v) is 16.5. The maximum atomic E-state index is 13.6. The highest BCUT2D eigenvalue weighted by atomic mass is 32.2. The first-order valence-electron chi connectivity index (χ1n) is 14.2. The number of fused-ring (bicyclic) bond motifs is 3. The SMILES string of the molecule is [C-]#[N+]C1(NS(=O)(=O)c2cc(N3CC4CCC(C3)N4C(=O)C3CCCC3)c3c(c2)c(-c2nnc(C(F)F)s2)nn3C)CC1. The summed E-state index contributed by atoms with van der Waals surface area (Å²) in [6.45, 7) is 8.55. The second-order valence-electron chi connectivity index (χ2n) is 11.8. The number of hydrogen-bond acceptors (Lipinski definition) is 8. The second kappa shape index (κ2) is 9.92. The molecule has 7 rings (SSSR count). The van der Waals surface area contributed by atoms with Crippen molar-refractivity contribution >= 4 is 43.9 Å². The fourth-order valence-corrected chi connectivity index (χ4v) is 8.95. The number of hydrogen-bond donors (Lipinski definition) is 1. The monoisotopic (exact) mass is 616 g/mol. The molecule has 2 aromatic heterocycles. The number of alkyl halides is 2. The Kier molecular flexibility index (Phi) is 6.52. The summed E-state index contributed by atoms with van der Waals surface area (Å²) in [4.78, 5) is 21.1. The molecule has 2 bridgehead atoms. The third kappa shape index (κ3) is 4.55. The standard InChI is InChI=1S/C27H30F2N8O3S2/c1-30-27(9-10-27)34-42(39,40)18-11-19-21(24-31-32-25(41-24)23(28)29)33-35(2)22(19)20(12-18)36-13-16-7-8-17(14-36)37(16)26(38)15-5-3-4-6-15/h11-12,15-17,23,34H,3-10,13-14H2,2H3. The molecule has 222 valence electrons. The van der Waals surface area contributed by atoms with Crippen molar-refractivity contribution in [3.05, 3.63) is 28.6 Å². The Balaban J connectivity index is 1.32. The Morgan fingerprint density at radius 2 is 1.83 bits per heavy atom. The molecule has 42 heavy (non-hydrogen) atoms. The number of carbonyl (C=O) groups is 1. The van der Waals surface area contributed by atoms with E-state index in [9.17, 15) is 22.0 Å². The summed E-state index contributed by atoms with van der Waals surface area (Å²) >= 11 is 0.716. The van der Waals surface area contributed by atoms with E-state index in [-0.39, 0.29) is 39.5 Å². The van der Waals surface area contributed by atoms with Gasteiger partial charge in [-0.05, 0) is 37.8 Å². The average Bonchev–Trinajstić information content (AvgIpc) is 3.41. The van der Waals surface area contributed by atoms with Crippen LogP contribution in [0.15, 0.2) is 17.0 Å². The van der Waals surface area contributed by atoms with E-state index in [1.165, 1.54) is 6.07 Å². The van der Waals surface area contributed by atoms with Crippen LogP contribution >= 0.6 is 11.3 Å². The van der Waals surface area contributed by atoms with Crippen molar-refractivity contribution in [2.45, 2.75) is 80.4 Å². The second-order valence-corrected chi connectivity index (χ2v) is 14.5. The number of nitrogens with zero attached hydrogens (tertiary/aromatic N) is 7. The molecule has 1 aromatic carbocycles. The van der Waals surface area contributed by atoms with Gasteiger partial charge in [0.25, 0.3) is 12.1 Å². The molecule has 0 spiro atoms. The third-order valence-corrected chi connectivity index (χ3v) is 11.5. The van der Waals surface area contributed by atoms with Crippen LogP contribution in [0.25, 0.3) is 26.4 Å². The molecule has 2 unspecified atom stereocenters. The van der Waals surface area contributed by atoms with Crippen molar-refractivity contribution in [3.8, 4) is 10.7 Å². The highest BCUT2D eigenvalue weighted by Gasteiger charge is 2.54. The van der Waals surface area contributed by atoms with E-state index in [0.717, 1.165) is 38.5 Å². The van der Waals surface area contributed by atoms with Gasteiger partial charge in [-0.1, -0.05) is 24.2 Å². The molecule has 1 amide bonds. The molecule has 4 heterocycles. The van der Waals surface area contributed by atoms with Crippen LogP contribution in [0.1, 0.15) is 62.8 Å². The van der Waals surface area contributed by atoms with Gasteiger partial charge in [0.2, 0.25) is 15.9 Å². The molecule has 2 aliphatic carbocycles. The molecule has 2 atom stereocenters. The Morgan fingerprint density at radius 1 is 1.14 bits per heavy atom. The maximum absolute atomic E-state index is 13.6. The van der Waals surface area contributed by atoms with Crippen LogP contribution in [0.3, 0.4) is 0 Å². The number of anilines is 1. The number of halogens is 2. The summed E-state index contributed by atoms with van der Waals surface area (Å²) in [5.41, 5.74) is 0.395. The zero-order chi connectivity index (χ0) is 29.4. The number of piperazine rings is 1. The van der Waals surface area contributed by atoms with E-state index >= 15 is 0 Å². The highest BCUT2D eigenvalue weighted by molar-refractivity contribution is 7.89. The zero-order valence-corrected chi connectivity index (χ0v) is 24.6. The quantitative estimate of drug-likeness (QED) is 0.398. The van der Waals surface area contributed by atoms with Crippen molar-refractivity contribution in [1.29, 1.82) is 0 Å². The fraction of sp³-hybridized carbons (Fsp3) is 0.593. The van der Waals surface area contributed by atoms with E-state index in [4.69, 9.17) is 6.57 Å². The van der Waals surface area contributed by atoms with E-state index in [1.807, 2.05) is 0 Å². The molecule has 1 N–H and O–H groups in total. The number of aryl methyl sites for hydroxylation is 1. The average molecular weight is 617 g/mol. The Hall–Kier alpha value is -3.22. The van der Waals surface area contributed by atoms with Crippen LogP contribution in [0, 0.1) is 12.5 Å². The summed E-state index contributed by atoms with van der Waals surface area (Å²) in [6.07, 6.45) is 3.90. The van der Waals surface area contributed by atoms with Crippen molar-refractivity contribution in [1.82, 2.24) is 29.6 Å². The lowest BCUT2D eigenvalue weighted by Crippen LogP contribution is -2.57. The van der Waals surface area contributed by atoms with E-state index in [2.05, 4.69) is 34.7 Å². The minimum Gasteiger partial charge on any atom is -0.366 e. The predicted octanol–water partition coefficient (Wildman–Crippen LogP) is 4.09. The van der Waals surface area contributed by atoms with Crippen LogP contribution < -0.4 is 9.62 Å². The number of carbonyl (C=O) groups excluding carboxylic acids is 1. The number of aromatic nitrogens is 4. The van der Waals surface area contributed by atoms with E-state index < -0.39 is 27.1 Å². The molecule has 15 heteroatoms. The van der Waals surface area contributed by atoms with Crippen molar-refractivity contribution < 1.29 is 22.0 Å². The number of nitrogens with one attached hydrogen (secondary N) is 1. The van der Waals surface area contributed by atoms with Crippen LogP contribution in [0.5, 0.6) is 0 Å². The normalized spacial score (nSPS) is 23.7. The lowest BCUT2D eigenvalue weighted by molar-refractivity contribution is -0.138. The fourth-order valence-electron chi connectivity index (χ4n) is 6.85. The Bertz CT molecular complexity index is 1710. The lowest BCUT2D eigenvalue weighted by atomic mass is 10.0. The number of sulfonamides is 1. The van der Waals surface area contributed by atoms with Gasteiger partial charge in [-0.3, -0.25) is 14.3 Å². The Morgan fingerprint density at radius 3 is 2.43 bits per heavy atom. The minimum absolute atomic E-state index is 0.0200. The number of rotatable bonds is 7. The topological polar surface area (TPSA) is 118 Å². The van der Waals surface area contributed by atoms with E-state index in [1.54, 1.807) is 17.8 Å². The van der Waals surface area contributed by atoms with Gasteiger partial charge in [0.15, 0.2) is 10.0 Å². The first kappa shape index (κ1) is 27.6. The van der Waals surface area contributed by atoms with Gasteiger partial charge in [0.1, 0.15) is 5.69 Å². The summed E-state index contributed by atoms with van der Waals surface area (Å²) in [6, 6.07) is 3.12. The summed E-state index contributed by atoms with van der Waals surface area (Å²) in [5, 5.41) is 12.3. The van der Waals surface area contributed by atoms with Crippen LogP contribution in [0.4, 0.5) is 14.5 Å². The van der Waals surface area contributed by atoms with Crippen LogP contribution in [0.2, 0.25) is 0 Å². The Labute approximate surface area is 245 Å². The molecule has 2 aliphatic heterocycles. The molecular weight excluding hydrogens is 586 g/mol. The van der Waals surface area contributed by atoms with Gasteiger partial charge in [0.05, 0.1) is 28.9 Å². The van der Waals surface area contributed by atoms with E-state index in [0.29, 0.717) is 53.9 Å². The summed E-state index contributed by atoms with van der Waals surface area (Å²) < 4.78 is 58.1. The van der Waals surface area contributed by atoms with Gasteiger partial charge < -0.3 is 9.80 Å². The number of amides is 1. The lowest BCUT2D eigenvalue weighted by Gasteiger charge is -2.43. The first-order chi connectivity index (χ1) is 20.1. The van der Waals surface area contributed by atoms with Gasteiger partial charge >= 0.3 is 0 Å². The van der Waals surface area contributed by atoms with Crippen molar-refractivity contribution in [3.63, 3.8) is 0 Å². The molecule has 2 saturated carbocycles. The van der Waals surface area contributed by atoms with Gasteiger partial charge in [0, 0.05) is 43.5 Å². The van der Waals surface area contributed by atoms with Crippen LogP contribution in [-0.2, 0) is 21.9 Å².